The van der Waals surface area contributed by atoms with Gasteiger partial charge in [-0.05, 0) is 47.3 Å². The summed E-state index contributed by atoms with van der Waals surface area (Å²) in [5.74, 6) is 0.189. The minimum atomic E-state index is -0.194. The number of halogens is 1. The fourth-order valence-corrected chi connectivity index (χ4v) is 1.71. The van der Waals surface area contributed by atoms with Crippen LogP contribution in [-0.2, 0) is 0 Å². The van der Waals surface area contributed by atoms with E-state index in [1.54, 1.807) is 6.07 Å². The highest BCUT2D eigenvalue weighted by Crippen LogP contribution is 2.15. The van der Waals surface area contributed by atoms with Crippen LogP contribution in [0.2, 0.25) is 0 Å². The first kappa shape index (κ1) is 13.9. The molecule has 1 amide bonds. The van der Waals surface area contributed by atoms with Crippen molar-refractivity contribution in [3.05, 3.63) is 34.3 Å². The molecule has 17 heavy (non-hydrogen) atoms. The zero-order chi connectivity index (χ0) is 12.8. The van der Waals surface area contributed by atoms with Gasteiger partial charge < -0.3 is 0 Å². The zero-order valence-electron chi connectivity index (χ0n) is 10.3. The number of hydrogen-bond acceptors (Lipinski definition) is 2. The molecule has 0 saturated heterocycles. The van der Waals surface area contributed by atoms with Crippen molar-refractivity contribution in [1.29, 1.82) is 0 Å². The first-order chi connectivity index (χ1) is 8.06. The van der Waals surface area contributed by atoms with Gasteiger partial charge in [-0.1, -0.05) is 26.0 Å². The minimum absolute atomic E-state index is 0.194. The summed E-state index contributed by atoms with van der Waals surface area (Å²) < 4.78 is 0.772. The van der Waals surface area contributed by atoms with E-state index in [0.717, 1.165) is 16.6 Å². The van der Waals surface area contributed by atoms with E-state index in [2.05, 4.69) is 40.3 Å². The first-order valence-electron chi connectivity index (χ1n) is 5.65. The Morgan fingerprint density at radius 3 is 2.71 bits per heavy atom. The van der Waals surface area contributed by atoms with E-state index in [-0.39, 0.29) is 5.91 Å². The second kappa shape index (κ2) is 6.55. The fraction of sp³-hybridized carbons (Fsp3) is 0.385. The topological polar surface area (TPSA) is 41.5 Å². The van der Waals surface area contributed by atoms with Crippen LogP contribution in [0.1, 0.15) is 37.6 Å². The quantitative estimate of drug-likeness (QED) is 0.669. The normalized spacial score (nSPS) is 13.3. The molecular formula is C13H17BrN2O. The maximum absolute atomic E-state index is 11.8. The van der Waals surface area contributed by atoms with Crippen molar-refractivity contribution in [2.45, 2.75) is 27.2 Å². The Morgan fingerprint density at radius 2 is 2.12 bits per heavy atom. The third-order valence-electron chi connectivity index (χ3n) is 2.78. The first-order valence-corrected chi connectivity index (χ1v) is 6.44. The number of carbonyl (C=O) groups excluding carboxylic acids is 1. The van der Waals surface area contributed by atoms with Crippen LogP contribution in [0.25, 0.3) is 0 Å². The predicted molar refractivity (Wildman–Crippen MR) is 74.2 cm³/mol. The molecule has 1 N–H and O–H groups in total. The van der Waals surface area contributed by atoms with Gasteiger partial charge in [0.2, 0.25) is 0 Å². The molecule has 0 spiro atoms. The number of carbonyl (C=O) groups is 1. The number of amides is 1. The van der Waals surface area contributed by atoms with Gasteiger partial charge in [-0.3, -0.25) is 4.79 Å². The van der Waals surface area contributed by atoms with Crippen LogP contribution >= 0.6 is 15.9 Å². The zero-order valence-corrected chi connectivity index (χ0v) is 11.9. The van der Waals surface area contributed by atoms with Crippen molar-refractivity contribution in [2.75, 3.05) is 0 Å². The lowest BCUT2D eigenvalue weighted by molar-refractivity contribution is 0.0954. The molecule has 0 bridgehead atoms. The van der Waals surface area contributed by atoms with E-state index in [4.69, 9.17) is 0 Å². The summed E-state index contributed by atoms with van der Waals surface area (Å²) in [6.07, 6.45) is 1.01. The van der Waals surface area contributed by atoms with Gasteiger partial charge in [0.25, 0.3) is 5.91 Å². The monoisotopic (exact) mass is 296 g/mol. The van der Waals surface area contributed by atoms with E-state index in [1.807, 2.05) is 25.1 Å². The Morgan fingerprint density at radius 1 is 1.47 bits per heavy atom. The largest absolute Gasteiger partial charge is 0.272 e. The van der Waals surface area contributed by atoms with Gasteiger partial charge in [-0.25, -0.2) is 5.43 Å². The summed E-state index contributed by atoms with van der Waals surface area (Å²) >= 11 is 3.34. The lowest BCUT2D eigenvalue weighted by atomic mass is 10.1. The van der Waals surface area contributed by atoms with Gasteiger partial charge >= 0.3 is 0 Å². The summed E-state index contributed by atoms with van der Waals surface area (Å²) in [6, 6.07) is 7.28. The van der Waals surface area contributed by atoms with Crippen molar-refractivity contribution in [2.24, 2.45) is 11.0 Å². The number of hydrogen-bond donors (Lipinski definition) is 1. The lowest BCUT2D eigenvalue weighted by Crippen LogP contribution is -2.21. The standard InChI is InChI=1S/C13H17BrN2O/c1-4-9(2)10(3)15-16-13(17)11-7-5-6-8-12(11)14/h5-9H,4H2,1-3H3,(H,16,17)/b15-10-/t9-/m0/s1. The van der Waals surface area contributed by atoms with Crippen LogP contribution in [0.3, 0.4) is 0 Å². The molecule has 3 nitrogen and oxygen atoms in total. The molecule has 1 aromatic rings. The lowest BCUT2D eigenvalue weighted by Gasteiger charge is -2.08. The van der Waals surface area contributed by atoms with Gasteiger partial charge in [0.15, 0.2) is 0 Å². The number of rotatable bonds is 4. The number of hydrazone groups is 1. The molecule has 0 aliphatic rings. The average Bonchev–Trinajstić information content (AvgIpc) is 2.35. The second-order valence-electron chi connectivity index (χ2n) is 3.98. The highest BCUT2D eigenvalue weighted by Gasteiger charge is 2.09. The summed E-state index contributed by atoms with van der Waals surface area (Å²) in [4.78, 5) is 11.8. The Kier molecular flexibility index (Phi) is 5.35. The molecule has 1 aromatic carbocycles. The maximum atomic E-state index is 11.8. The summed E-state index contributed by atoms with van der Waals surface area (Å²) in [6.45, 7) is 6.11. The van der Waals surface area contributed by atoms with Crippen molar-refractivity contribution in [3.63, 3.8) is 0 Å². The van der Waals surface area contributed by atoms with Crippen LogP contribution in [-0.4, -0.2) is 11.6 Å². The molecular weight excluding hydrogens is 280 g/mol. The van der Waals surface area contributed by atoms with Crippen molar-refractivity contribution in [3.8, 4) is 0 Å². The molecule has 1 atom stereocenters. The smallest absolute Gasteiger partial charge is 0.267 e. The second-order valence-corrected chi connectivity index (χ2v) is 4.84. The Labute approximate surface area is 110 Å². The molecule has 4 heteroatoms. The van der Waals surface area contributed by atoms with Crippen LogP contribution in [0.15, 0.2) is 33.8 Å². The molecule has 0 heterocycles. The van der Waals surface area contributed by atoms with E-state index >= 15 is 0 Å². The minimum Gasteiger partial charge on any atom is -0.267 e. The molecule has 0 radical (unpaired) electrons. The van der Waals surface area contributed by atoms with Crippen molar-refractivity contribution < 1.29 is 4.79 Å². The van der Waals surface area contributed by atoms with E-state index in [1.165, 1.54) is 0 Å². The van der Waals surface area contributed by atoms with Crippen LogP contribution < -0.4 is 5.43 Å². The predicted octanol–water partition coefficient (Wildman–Crippen LogP) is 3.60. The van der Waals surface area contributed by atoms with Gasteiger partial charge in [0.05, 0.1) is 5.56 Å². The van der Waals surface area contributed by atoms with Crippen LogP contribution in [0, 0.1) is 5.92 Å². The highest BCUT2D eigenvalue weighted by molar-refractivity contribution is 9.10. The molecule has 0 aliphatic carbocycles. The van der Waals surface area contributed by atoms with E-state index in [0.29, 0.717) is 11.5 Å². The van der Waals surface area contributed by atoms with Gasteiger partial charge in [0.1, 0.15) is 0 Å². The maximum Gasteiger partial charge on any atom is 0.272 e. The van der Waals surface area contributed by atoms with Crippen molar-refractivity contribution in [1.82, 2.24) is 5.43 Å². The van der Waals surface area contributed by atoms with Crippen LogP contribution in [0.4, 0.5) is 0 Å². The molecule has 0 aromatic heterocycles. The Bertz CT molecular complexity index is 429. The molecule has 0 unspecified atom stereocenters. The molecule has 0 aliphatic heterocycles. The Hall–Kier alpha value is -1.16. The van der Waals surface area contributed by atoms with E-state index in [9.17, 15) is 4.79 Å². The number of nitrogens with zero attached hydrogens (tertiary/aromatic N) is 1. The number of benzene rings is 1. The SMILES string of the molecule is CC[C@H](C)/C(C)=N\NC(=O)c1ccccc1Br. The van der Waals surface area contributed by atoms with Crippen molar-refractivity contribution >= 4 is 27.5 Å². The summed E-state index contributed by atoms with van der Waals surface area (Å²) in [5, 5.41) is 4.11. The van der Waals surface area contributed by atoms with Crippen LogP contribution in [0.5, 0.6) is 0 Å². The fourth-order valence-electron chi connectivity index (χ4n) is 1.25. The highest BCUT2D eigenvalue weighted by atomic mass is 79.9. The third kappa shape index (κ3) is 3.97. The third-order valence-corrected chi connectivity index (χ3v) is 3.47. The molecule has 0 fully saturated rings. The molecule has 0 saturated carbocycles. The number of nitrogens with one attached hydrogen (secondary N) is 1. The average molecular weight is 297 g/mol. The van der Waals surface area contributed by atoms with Gasteiger partial charge in [-0.15, -0.1) is 0 Å². The summed E-state index contributed by atoms with van der Waals surface area (Å²) in [5.41, 5.74) is 4.10. The molecule has 92 valence electrons. The summed E-state index contributed by atoms with van der Waals surface area (Å²) in [7, 11) is 0. The Balaban J connectivity index is 2.71. The van der Waals surface area contributed by atoms with Gasteiger partial charge in [0, 0.05) is 10.2 Å². The molecule has 1 rings (SSSR count). The van der Waals surface area contributed by atoms with Gasteiger partial charge in [-0.2, -0.15) is 5.10 Å². The van der Waals surface area contributed by atoms with E-state index < -0.39 is 0 Å².